The normalized spacial score (nSPS) is 17.4. The van der Waals surface area contributed by atoms with E-state index in [1.54, 1.807) is 11.0 Å². The van der Waals surface area contributed by atoms with E-state index in [9.17, 15) is 13.2 Å². The lowest BCUT2D eigenvalue weighted by Gasteiger charge is -2.28. The van der Waals surface area contributed by atoms with Crippen molar-refractivity contribution in [3.8, 4) is 6.07 Å². The van der Waals surface area contributed by atoms with Gasteiger partial charge in [-0.3, -0.25) is 9.63 Å². The van der Waals surface area contributed by atoms with Crippen LogP contribution in [-0.2, 0) is 19.7 Å². The molecule has 0 spiro atoms. The van der Waals surface area contributed by atoms with Gasteiger partial charge in [0.25, 0.3) is 10.0 Å². The molecule has 1 aliphatic heterocycles. The number of hydrogen-bond acceptors (Lipinski definition) is 8. The Morgan fingerprint density at radius 3 is 2.79 bits per heavy atom. The molecule has 0 saturated carbocycles. The third-order valence-electron chi connectivity index (χ3n) is 4.78. The topological polar surface area (TPSA) is 128 Å². The zero-order valence-electron chi connectivity index (χ0n) is 17.2. The van der Waals surface area contributed by atoms with Crippen LogP contribution in [0.25, 0.3) is 0 Å². The number of hydrogen-bond donors (Lipinski definition) is 2. The van der Waals surface area contributed by atoms with Crippen molar-refractivity contribution in [2.75, 3.05) is 39.1 Å². The third-order valence-corrected chi connectivity index (χ3v) is 6.44. The number of likely N-dealkylation sites (tertiary alicyclic amines) is 1. The van der Waals surface area contributed by atoms with Crippen LogP contribution in [0.4, 0.5) is 5.82 Å². The quantitative estimate of drug-likeness (QED) is 0.551. The summed E-state index contributed by atoms with van der Waals surface area (Å²) in [4.78, 5) is 22.9. The number of rotatable bonds is 9. The zero-order valence-corrected chi connectivity index (χ0v) is 18.0. The average Bonchev–Trinajstić information content (AvgIpc) is 3.19. The van der Waals surface area contributed by atoms with Crippen molar-refractivity contribution in [3.05, 3.63) is 18.3 Å². The monoisotopic (exact) mass is 424 g/mol. The highest BCUT2D eigenvalue weighted by Crippen LogP contribution is 2.17. The first-order valence-corrected chi connectivity index (χ1v) is 10.7. The molecule has 0 aliphatic carbocycles. The number of sulfonamides is 1. The molecule has 0 unspecified atom stereocenters. The number of anilines is 1. The van der Waals surface area contributed by atoms with Gasteiger partial charge in [0.2, 0.25) is 5.91 Å². The number of pyridine rings is 1. The maximum Gasteiger partial charge on any atom is 0.266 e. The second-order valence-corrected chi connectivity index (χ2v) is 9.38. The summed E-state index contributed by atoms with van der Waals surface area (Å²) in [5.41, 5.74) is -0.430. The van der Waals surface area contributed by atoms with Crippen molar-refractivity contribution in [3.63, 3.8) is 0 Å². The molecule has 2 heterocycles. The largest absolute Gasteiger partial charge is 0.368 e. The first kappa shape index (κ1) is 23.0. The molecule has 1 amide bonds. The zero-order chi connectivity index (χ0) is 21.7. The molecule has 10 nitrogen and oxygen atoms in total. The van der Waals surface area contributed by atoms with Crippen LogP contribution in [0, 0.1) is 11.3 Å². The van der Waals surface area contributed by atoms with Gasteiger partial charge in [-0.1, -0.05) is 4.47 Å². The number of amides is 1. The lowest BCUT2D eigenvalue weighted by Crippen LogP contribution is -2.50. The Bertz CT molecular complexity index is 850. The highest BCUT2D eigenvalue weighted by Gasteiger charge is 2.29. The summed E-state index contributed by atoms with van der Waals surface area (Å²) >= 11 is 0. The van der Waals surface area contributed by atoms with Gasteiger partial charge in [0.05, 0.1) is 19.7 Å². The van der Waals surface area contributed by atoms with Crippen molar-refractivity contribution < 1.29 is 18.0 Å². The van der Waals surface area contributed by atoms with Crippen LogP contribution < -0.4 is 10.6 Å². The highest BCUT2D eigenvalue weighted by molar-refractivity contribution is 7.89. The van der Waals surface area contributed by atoms with E-state index in [-0.39, 0.29) is 23.4 Å². The van der Waals surface area contributed by atoms with E-state index in [1.165, 1.54) is 26.4 Å². The fourth-order valence-corrected chi connectivity index (χ4v) is 3.79. The minimum atomic E-state index is -3.74. The molecule has 1 aliphatic rings. The fraction of sp³-hybridized carbons (Fsp3) is 0.611. The molecule has 1 aromatic heterocycles. The Labute approximate surface area is 171 Å². The van der Waals surface area contributed by atoms with E-state index in [2.05, 4.69) is 21.7 Å². The van der Waals surface area contributed by atoms with E-state index in [4.69, 9.17) is 10.1 Å². The average molecular weight is 425 g/mol. The van der Waals surface area contributed by atoms with Crippen molar-refractivity contribution >= 4 is 21.7 Å². The molecule has 2 rings (SSSR count). The van der Waals surface area contributed by atoms with Crippen molar-refractivity contribution in [1.29, 1.82) is 5.26 Å². The summed E-state index contributed by atoms with van der Waals surface area (Å²) < 4.78 is 25.1. The van der Waals surface area contributed by atoms with E-state index >= 15 is 0 Å². The van der Waals surface area contributed by atoms with Crippen molar-refractivity contribution in [2.24, 2.45) is 0 Å². The molecule has 1 atom stereocenters. The van der Waals surface area contributed by atoms with E-state index in [0.29, 0.717) is 18.9 Å². The van der Waals surface area contributed by atoms with Crippen LogP contribution in [0.15, 0.2) is 23.2 Å². The first-order chi connectivity index (χ1) is 13.6. The summed E-state index contributed by atoms with van der Waals surface area (Å²) in [6.45, 7) is 5.09. The van der Waals surface area contributed by atoms with Crippen LogP contribution >= 0.6 is 0 Å². The molecule has 29 heavy (non-hydrogen) atoms. The predicted octanol–water partition coefficient (Wildman–Crippen LogP) is 0.558. The fourth-order valence-electron chi connectivity index (χ4n) is 2.87. The van der Waals surface area contributed by atoms with E-state index < -0.39 is 15.6 Å². The molecule has 0 radical (unpaired) electrons. The van der Waals surface area contributed by atoms with Crippen molar-refractivity contribution in [2.45, 2.75) is 43.2 Å². The van der Waals surface area contributed by atoms with Crippen LogP contribution in [0.3, 0.4) is 0 Å². The molecular formula is C18H28N6O4S. The van der Waals surface area contributed by atoms with Crippen LogP contribution in [0.5, 0.6) is 0 Å². The molecular weight excluding hydrogens is 396 g/mol. The Balaban J connectivity index is 1.88. The first-order valence-electron chi connectivity index (χ1n) is 9.28. The molecule has 2 N–H and O–H groups in total. The van der Waals surface area contributed by atoms with E-state index in [1.807, 2.05) is 13.8 Å². The Kier molecular flexibility index (Phi) is 7.54. The van der Waals surface area contributed by atoms with Gasteiger partial charge in [0.15, 0.2) is 0 Å². The number of hydroxylamine groups is 1. The number of nitrogens with one attached hydrogen (secondary N) is 2. The molecule has 160 valence electrons. The van der Waals surface area contributed by atoms with Crippen LogP contribution in [-0.4, -0.2) is 74.0 Å². The molecule has 0 bridgehead atoms. The number of carbonyl (C=O) groups excluding carboxylic acids is 1. The second kappa shape index (κ2) is 9.49. The minimum Gasteiger partial charge on any atom is -0.368 e. The Morgan fingerprint density at radius 1 is 1.48 bits per heavy atom. The summed E-state index contributed by atoms with van der Waals surface area (Å²) in [7, 11) is -1.17. The smallest absolute Gasteiger partial charge is 0.266 e. The van der Waals surface area contributed by atoms with Gasteiger partial charge in [-0.15, -0.1) is 0 Å². The molecule has 1 aromatic rings. The molecule has 1 saturated heterocycles. The minimum absolute atomic E-state index is 0.0213. The van der Waals surface area contributed by atoms with Gasteiger partial charge in [0, 0.05) is 31.9 Å². The molecule has 11 heteroatoms. The second-order valence-electron chi connectivity index (χ2n) is 7.44. The lowest BCUT2D eigenvalue weighted by atomic mass is 10.1. The van der Waals surface area contributed by atoms with Gasteiger partial charge in [-0.25, -0.2) is 13.4 Å². The summed E-state index contributed by atoms with van der Waals surface area (Å²) in [5.74, 6) is 0.423. The predicted molar refractivity (Wildman–Crippen MR) is 107 cm³/mol. The Morgan fingerprint density at radius 2 is 2.21 bits per heavy atom. The standard InChI is InChI=1S/C18H28N6O4S/c1-18(2,22-12-17(25)24-9-5-6-14(24)10-19)13-21-16-8-7-15(11-20-16)29(26,27)23(3)28-4/h7-8,11,14,22H,5-6,9,12-13H2,1-4H3,(H,20,21)/t14-/m0/s1. The highest BCUT2D eigenvalue weighted by atomic mass is 32.2. The molecule has 0 aromatic carbocycles. The van der Waals surface area contributed by atoms with E-state index in [0.717, 1.165) is 17.3 Å². The van der Waals surface area contributed by atoms with Gasteiger partial charge in [0.1, 0.15) is 16.8 Å². The van der Waals surface area contributed by atoms with Crippen molar-refractivity contribution in [1.82, 2.24) is 19.7 Å². The van der Waals surface area contributed by atoms with Crippen LogP contribution in [0.2, 0.25) is 0 Å². The van der Waals surface area contributed by atoms with Gasteiger partial charge >= 0.3 is 0 Å². The summed E-state index contributed by atoms with van der Waals surface area (Å²) in [6, 6.07) is 4.85. The maximum atomic E-state index is 12.4. The lowest BCUT2D eigenvalue weighted by molar-refractivity contribution is -0.130. The Hall–Kier alpha value is -2.26. The maximum absolute atomic E-state index is 12.4. The number of nitrogens with zero attached hydrogens (tertiary/aromatic N) is 4. The number of aromatic nitrogens is 1. The summed E-state index contributed by atoms with van der Waals surface area (Å²) in [6.07, 6.45) is 2.84. The summed E-state index contributed by atoms with van der Waals surface area (Å²) in [5, 5.41) is 15.4. The third kappa shape index (κ3) is 5.86. The van der Waals surface area contributed by atoms with Crippen LogP contribution in [0.1, 0.15) is 26.7 Å². The van der Waals surface area contributed by atoms with Gasteiger partial charge in [-0.2, -0.15) is 5.26 Å². The number of carbonyl (C=O) groups is 1. The number of nitriles is 1. The molecule has 1 fully saturated rings. The van der Waals surface area contributed by atoms with Gasteiger partial charge in [-0.05, 0) is 38.8 Å². The SMILES string of the molecule is CON(C)S(=O)(=O)c1ccc(NCC(C)(C)NCC(=O)N2CCC[C@H]2C#N)nc1. The van der Waals surface area contributed by atoms with Gasteiger partial charge < -0.3 is 15.5 Å².